The fourth-order valence-corrected chi connectivity index (χ4v) is 3.42. The van der Waals surface area contributed by atoms with Crippen LogP contribution in [-0.2, 0) is 4.74 Å². The summed E-state index contributed by atoms with van der Waals surface area (Å²) in [5.74, 6) is 0.998. The molecule has 2 aliphatic carbocycles. The summed E-state index contributed by atoms with van der Waals surface area (Å²) in [4.78, 5) is 0. The van der Waals surface area contributed by atoms with Crippen LogP contribution in [0.3, 0.4) is 0 Å². The van der Waals surface area contributed by atoms with Gasteiger partial charge in [0.05, 0.1) is 13.2 Å². The SMILES string of the molecule is NCC12COCC(C3CC3)(C1)C2. The van der Waals surface area contributed by atoms with E-state index in [0.29, 0.717) is 10.8 Å². The fraction of sp³-hybridized carbons (Fsp3) is 1.00. The van der Waals surface area contributed by atoms with Gasteiger partial charge < -0.3 is 10.5 Å². The van der Waals surface area contributed by atoms with Gasteiger partial charge in [0, 0.05) is 12.0 Å². The Morgan fingerprint density at radius 2 is 2.00 bits per heavy atom. The van der Waals surface area contributed by atoms with Crippen LogP contribution in [0.4, 0.5) is 0 Å². The summed E-state index contributed by atoms with van der Waals surface area (Å²) in [6.07, 6.45) is 5.62. The highest BCUT2D eigenvalue weighted by Crippen LogP contribution is 2.66. The molecule has 4 fully saturated rings. The maximum atomic E-state index is 5.77. The maximum Gasteiger partial charge on any atom is 0.0535 e. The molecular weight excluding hydrogens is 150 g/mol. The van der Waals surface area contributed by atoms with E-state index in [1.807, 2.05) is 0 Å². The van der Waals surface area contributed by atoms with E-state index in [1.165, 1.54) is 25.7 Å². The van der Waals surface area contributed by atoms with Crippen LogP contribution in [0.1, 0.15) is 25.7 Å². The fourth-order valence-electron chi connectivity index (χ4n) is 3.42. The third-order valence-electron chi connectivity index (χ3n) is 4.13. The van der Waals surface area contributed by atoms with Gasteiger partial charge in [0.25, 0.3) is 0 Å². The van der Waals surface area contributed by atoms with E-state index in [1.54, 1.807) is 0 Å². The highest BCUT2D eigenvalue weighted by molar-refractivity contribution is 5.12. The summed E-state index contributed by atoms with van der Waals surface area (Å²) in [6, 6.07) is 0. The van der Waals surface area contributed by atoms with Crippen molar-refractivity contribution in [1.29, 1.82) is 0 Å². The minimum atomic E-state index is 0.404. The number of fused-ring (bicyclic) bond motifs is 2. The lowest BCUT2D eigenvalue weighted by atomic mass is 9.50. The van der Waals surface area contributed by atoms with Gasteiger partial charge in [0.15, 0.2) is 0 Å². The lowest BCUT2D eigenvalue weighted by Crippen LogP contribution is -2.60. The number of hydrogen-bond acceptors (Lipinski definition) is 2. The first kappa shape index (κ1) is 7.34. The van der Waals surface area contributed by atoms with Crippen LogP contribution in [0.5, 0.6) is 0 Å². The Morgan fingerprint density at radius 1 is 1.25 bits per heavy atom. The number of ether oxygens (including phenoxy) is 1. The lowest BCUT2D eigenvalue weighted by Gasteiger charge is -2.60. The quantitative estimate of drug-likeness (QED) is 0.669. The average Bonchev–Trinajstić information content (AvgIpc) is 2.86. The van der Waals surface area contributed by atoms with E-state index < -0.39 is 0 Å². The molecule has 68 valence electrons. The molecule has 2 bridgehead atoms. The summed E-state index contributed by atoms with van der Waals surface area (Å²) in [5, 5.41) is 0. The molecule has 2 saturated carbocycles. The van der Waals surface area contributed by atoms with E-state index in [9.17, 15) is 0 Å². The number of nitrogens with two attached hydrogens (primary N) is 1. The van der Waals surface area contributed by atoms with Gasteiger partial charge in [-0.25, -0.2) is 0 Å². The molecule has 12 heavy (non-hydrogen) atoms. The molecule has 0 aromatic heterocycles. The van der Waals surface area contributed by atoms with E-state index >= 15 is 0 Å². The second-order valence-electron chi connectivity index (χ2n) is 5.19. The topological polar surface area (TPSA) is 35.2 Å². The zero-order valence-electron chi connectivity index (χ0n) is 7.51. The van der Waals surface area contributed by atoms with Crippen molar-refractivity contribution in [3.8, 4) is 0 Å². The Kier molecular flexibility index (Phi) is 1.25. The van der Waals surface area contributed by atoms with Gasteiger partial charge in [-0.15, -0.1) is 0 Å². The first-order chi connectivity index (χ1) is 5.79. The molecule has 2 saturated heterocycles. The van der Waals surface area contributed by atoms with Gasteiger partial charge in [-0.3, -0.25) is 0 Å². The molecule has 2 heteroatoms. The van der Waals surface area contributed by atoms with Gasteiger partial charge >= 0.3 is 0 Å². The monoisotopic (exact) mass is 167 g/mol. The largest absolute Gasteiger partial charge is 0.380 e. The van der Waals surface area contributed by atoms with Crippen molar-refractivity contribution in [2.75, 3.05) is 19.8 Å². The highest BCUT2D eigenvalue weighted by atomic mass is 16.5. The molecule has 4 rings (SSSR count). The van der Waals surface area contributed by atoms with Crippen LogP contribution >= 0.6 is 0 Å². The summed E-state index contributed by atoms with van der Waals surface area (Å²) < 4.78 is 5.65. The van der Waals surface area contributed by atoms with E-state index in [2.05, 4.69) is 0 Å². The summed E-state index contributed by atoms with van der Waals surface area (Å²) in [7, 11) is 0. The molecule has 2 heterocycles. The smallest absolute Gasteiger partial charge is 0.0535 e. The predicted octanol–water partition coefficient (Wildman–Crippen LogP) is 1.15. The molecule has 0 amide bonds. The number of hydrogen-bond donors (Lipinski definition) is 1. The van der Waals surface area contributed by atoms with Crippen molar-refractivity contribution in [1.82, 2.24) is 0 Å². The van der Waals surface area contributed by atoms with Crippen molar-refractivity contribution < 1.29 is 4.74 Å². The Morgan fingerprint density at radius 3 is 2.58 bits per heavy atom. The molecule has 0 aromatic carbocycles. The van der Waals surface area contributed by atoms with Gasteiger partial charge in [-0.05, 0) is 37.0 Å². The van der Waals surface area contributed by atoms with Crippen LogP contribution in [-0.4, -0.2) is 19.8 Å². The Labute approximate surface area is 73.5 Å². The minimum Gasteiger partial charge on any atom is -0.380 e. The molecule has 0 unspecified atom stereocenters. The second-order valence-corrected chi connectivity index (χ2v) is 5.19. The third-order valence-corrected chi connectivity index (χ3v) is 4.13. The first-order valence-corrected chi connectivity index (χ1v) is 5.07. The summed E-state index contributed by atoms with van der Waals surface area (Å²) in [5.41, 5.74) is 6.77. The van der Waals surface area contributed by atoms with Gasteiger partial charge in [-0.1, -0.05) is 0 Å². The van der Waals surface area contributed by atoms with E-state index in [-0.39, 0.29) is 0 Å². The molecule has 0 spiro atoms. The molecule has 0 atom stereocenters. The number of rotatable bonds is 2. The Bertz CT molecular complexity index is 204. The van der Waals surface area contributed by atoms with Gasteiger partial charge in [0.1, 0.15) is 0 Å². The van der Waals surface area contributed by atoms with Crippen molar-refractivity contribution in [3.63, 3.8) is 0 Å². The second kappa shape index (κ2) is 2.05. The predicted molar refractivity (Wildman–Crippen MR) is 46.7 cm³/mol. The maximum absolute atomic E-state index is 5.77. The van der Waals surface area contributed by atoms with Crippen LogP contribution in [0.25, 0.3) is 0 Å². The molecule has 4 aliphatic rings. The highest BCUT2D eigenvalue weighted by Gasteiger charge is 2.62. The average molecular weight is 167 g/mol. The lowest BCUT2D eigenvalue weighted by molar-refractivity contribution is -0.198. The normalized spacial score (nSPS) is 51.8. The van der Waals surface area contributed by atoms with Gasteiger partial charge in [0.2, 0.25) is 0 Å². The minimum absolute atomic E-state index is 0.404. The molecule has 2 aliphatic heterocycles. The van der Waals surface area contributed by atoms with Crippen LogP contribution in [0.15, 0.2) is 0 Å². The standard InChI is InChI=1S/C10H17NO/c11-5-9-3-10(4-9,7-12-6-9)8-1-2-8/h8H,1-7,11H2. The van der Waals surface area contributed by atoms with Gasteiger partial charge in [-0.2, -0.15) is 0 Å². The third kappa shape index (κ3) is 0.775. The van der Waals surface area contributed by atoms with Crippen LogP contribution in [0, 0.1) is 16.7 Å². The van der Waals surface area contributed by atoms with E-state index in [4.69, 9.17) is 10.5 Å². The van der Waals surface area contributed by atoms with Crippen LogP contribution in [0.2, 0.25) is 0 Å². The van der Waals surface area contributed by atoms with Crippen molar-refractivity contribution in [3.05, 3.63) is 0 Å². The Hall–Kier alpha value is -0.0800. The summed E-state index contributed by atoms with van der Waals surface area (Å²) in [6.45, 7) is 2.79. The summed E-state index contributed by atoms with van der Waals surface area (Å²) >= 11 is 0. The zero-order valence-corrected chi connectivity index (χ0v) is 7.51. The van der Waals surface area contributed by atoms with Crippen molar-refractivity contribution >= 4 is 0 Å². The van der Waals surface area contributed by atoms with Crippen LogP contribution < -0.4 is 5.73 Å². The molecular formula is C10H17NO. The zero-order chi connectivity index (χ0) is 8.23. The van der Waals surface area contributed by atoms with E-state index in [0.717, 1.165) is 25.7 Å². The van der Waals surface area contributed by atoms with Crippen molar-refractivity contribution in [2.24, 2.45) is 22.5 Å². The molecule has 0 radical (unpaired) electrons. The van der Waals surface area contributed by atoms with Crippen molar-refractivity contribution in [2.45, 2.75) is 25.7 Å². The molecule has 2 N–H and O–H groups in total. The first-order valence-electron chi connectivity index (χ1n) is 5.07. The molecule has 2 nitrogen and oxygen atoms in total. The molecule has 0 aromatic rings. The Balaban J connectivity index is 1.78.